The van der Waals surface area contributed by atoms with Crippen LogP contribution in [0, 0.1) is 0 Å². The van der Waals surface area contributed by atoms with Gasteiger partial charge in [-0.05, 0) is 0 Å². The van der Waals surface area contributed by atoms with Crippen molar-refractivity contribution in [1.29, 1.82) is 0 Å². The minimum atomic E-state index is -0.866. The van der Waals surface area contributed by atoms with E-state index in [1.807, 2.05) is 0 Å². The van der Waals surface area contributed by atoms with E-state index in [0.29, 0.717) is 0 Å². The van der Waals surface area contributed by atoms with Gasteiger partial charge in [-0.15, -0.1) is 0 Å². The molecule has 19 heavy (non-hydrogen) atoms. The first-order valence-electron chi connectivity index (χ1n) is 5.96. The first-order valence-corrected chi connectivity index (χ1v) is 5.96. The third-order valence-electron chi connectivity index (χ3n) is 3.12. The van der Waals surface area contributed by atoms with Crippen LogP contribution in [0.1, 0.15) is 18.2 Å². The minimum Gasteiger partial charge on any atom is -0.396 e. The highest BCUT2D eigenvalue weighted by Crippen LogP contribution is 2.27. The first kappa shape index (κ1) is 13.9. The predicted octanol–water partition coefficient (Wildman–Crippen LogP) is -2.29. The number of aliphatic hydroxyl groups is 3. The lowest BCUT2D eigenvalue weighted by atomic mass is 10.2. The maximum Gasteiger partial charge on any atom is 0.330 e. The molecule has 0 aliphatic carbocycles. The van der Waals surface area contributed by atoms with Crippen molar-refractivity contribution in [2.24, 2.45) is 0 Å². The summed E-state index contributed by atoms with van der Waals surface area (Å²) in [7, 11) is 0. The summed E-state index contributed by atoms with van der Waals surface area (Å²) in [6.45, 7) is -0.562. The second kappa shape index (κ2) is 5.66. The Morgan fingerprint density at radius 1 is 1.42 bits per heavy atom. The maximum atomic E-state index is 11.7. The van der Waals surface area contributed by atoms with Crippen molar-refractivity contribution in [3.05, 3.63) is 32.6 Å². The summed E-state index contributed by atoms with van der Waals surface area (Å²) in [5.41, 5.74) is -0.942. The fourth-order valence-electron chi connectivity index (χ4n) is 2.09. The van der Waals surface area contributed by atoms with Gasteiger partial charge in [-0.2, -0.15) is 0 Å². The molecule has 0 aromatic carbocycles. The van der Waals surface area contributed by atoms with Gasteiger partial charge in [-0.3, -0.25) is 14.3 Å². The van der Waals surface area contributed by atoms with Crippen LogP contribution in [0.5, 0.6) is 0 Å². The molecule has 0 spiro atoms. The number of aliphatic hydroxyl groups excluding tert-OH is 3. The lowest BCUT2D eigenvalue weighted by Crippen LogP contribution is -2.34. The Kier molecular flexibility index (Phi) is 4.15. The second-order valence-corrected chi connectivity index (χ2v) is 4.41. The summed E-state index contributed by atoms with van der Waals surface area (Å²) in [5, 5.41) is 27.5. The average molecular weight is 272 g/mol. The summed E-state index contributed by atoms with van der Waals surface area (Å²) < 4.78 is 6.50. The van der Waals surface area contributed by atoms with Crippen molar-refractivity contribution in [1.82, 2.24) is 9.55 Å². The van der Waals surface area contributed by atoms with E-state index in [-0.39, 0.29) is 31.6 Å². The van der Waals surface area contributed by atoms with Gasteiger partial charge < -0.3 is 20.1 Å². The predicted molar refractivity (Wildman–Crippen MR) is 63.7 cm³/mol. The molecule has 1 saturated heterocycles. The average Bonchev–Trinajstić information content (AvgIpc) is 2.74. The highest BCUT2D eigenvalue weighted by Gasteiger charge is 2.35. The summed E-state index contributed by atoms with van der Waals surface area (Å²) in [6, 6.07) is 0. The van der Waals surface area contributed by atoms with E-state index < -0.39 is 29.7 Å². The molecular formula is C11H16N2O6. The zero-order chi connectivity index (χ0) is 14.0. The lowest BCUT2D eigenvalue weighted by molar-refractivity contribution is -0.0460. The molecule has 1 aromatic rings. The van der Waals surface area contributed by atoms with Crippen LogP contribution in [0.2, 0.25) is 0 Å². The van der Waals surface area contributed by atoms with Gasteiger partial charge in [-0.25, -0.2) is 4.79 Å². The molecule has 1 aliphatic heterocycles. The fraction of sp³-hybridized carbons (Fsp3) is 0.636. The van der Waals surface area contributed by atoms with Crippen molar-refractivity contribution < 1.29 is 20.1 Å². The lowest BCUT2D eigenvalue weighted by Gasteiger charge is -2.15. The summed E-state index contributed by atoms with van der Waals surface area (Å²) in [4.78, 5) is 25.3. The Bertz CT molecular complexity index is 551. The number of H-pyrrole nitrogens is 1. The van der Waals surface area contributed by atoms with E-state index >= 15 is 0 Å². The number of nitrogens with zero attached hydrogens (tertiary/aromatic N) is 1. The number of hydrogen-bond donors (Lipinski definition) is 4. The molecule has 1 aromatic heterocycles. The molecule has 0 radical (unpaired) electrons. The van der Waals surface area contributed by atoms with E-state index in [9.17, 15) is 14.7 Å². The Morgan fingerprint density at radius 3 is 2.74 bits per heavy atom. The van der Waals surface area contributed by atoms with E-state index in [0.717, 1.165) is 4.57 Å². The van der Waals surface area contributed by atoms with Crippen LogP contribution in [0.25, 0.3) is 0 Å². The largest absolute Gasteiger partial charge is 0.396 e. The fourth-order valence-corrected chi connectivity index (χ4v) is 2.09. The van der Waals surface area contributed by atoms with Crippen LogP contribution in [0.3, 0.4) is 0 Å². The van der Waals surface area contributed by atoms with Crippen molar-refractivity contribution in [3.8, 4) is 0 Å². The Labute approximate surface area is 107 Å². The molecular weight excluding hydrogens is 256 g/mol. The quantitative estimate of drug-likeness (QED) is 0.489. The number of aromatic amines is 1. The van der Waals surface area contributed by atoms with Crippen molar-refractivity contribution in [3.63, 3.8) is 0 Å². The molecule has 2 rings (SSSR count). The molecule has 0 bridgehead atoms. The summed E-state index contributed by atoms with van der Waals surface area (Å²) in [5.74, 6) is 0. The van der Waals surface area contributed by atoms with Crippen molar-refractivity contribution >= 4 is 0 Å². The number of nitrogens with one attached hydrogen (secondary N) is 1. The van der Waals surface area contributed by atoms with Crippen molar-refractivity contribution in [2.45, 2.75) is 31.3 Å². The smallest absolute Gasteiger partial charge is 0.330 e. The van der Waals surface area contributed by atoms with Crippen LogP contribution in [-0.2, 0) is 11.2 Å². The Hall–Kier alpha value is -1.48. The van der Waals surface area contributed by atoms with Gasteiger partial charge in [0.1, 0.15) is 12.3 Å². The number of rotatable bonds is 4. The van der Waals surface area contributed by atoms with Gasteiger partial charge in [0.15, 0.2) is 0 Å². The monoisotopic (exact) mass is 272 g/mol. The highest BCUT2D eigenvalue weighted by molar-refractivity contribution is 5.05. The third kappa shape index (κ3) is 2.76. The first-order chi connectivity index (χ1) is 9.06. The topological polar surface area (TPSA) is 125 Å². The minimum absolute atomic E-state index is 0.119. The number of aromatic nitrogens is 2. The van der Waals surface area contributed by atoms with E-state index in [2.05, 4.69) is 4.98 Å². The van der Waals surface area contributed by atoms with Crippen LogP contribution < -0.4 is 11.2 Å². The molecule has 0 saturated carbocycles. The number of ether oxygens (including phenoxy) is 1. The molecule has 1 aliphatic rings. The van der Waals surface area contributed by atoms with Gasteiger partial charge in [0.05, 0.1) is 12.7 Å². The van der Waals surface area contributed by atoms with E-state index in [4.69, 9.17) is 14.9 Å². The van der Waals surface area contributed by atoms with Gasteiger partial charge in [0.2, 0.25) is 0 Å². The van der Waals surface area contributed by atoms with Gasteiger partial charge in [0, 0.05) is 31.2 Å². The maximum absolute atomic E-state index is 11.7. The highest BCUT2D eigenvalue weighted by atomic mass is 16.5. The van der Waals surface area contributed by atoms with Crippen molar-refractivity contribution in [2.75, 3.05) is 13.2 Å². The molecule has 3 atom stereocenters. The zero-order valence-corrected chi connectivity index (χ0v) is 10.2. The van der Waals surface area contributed by atoms with Crippen LogP contribution >= 0.6 is 0 Å². The molecule has 0 amide bonds. The van der Waals surface area contributed by atoms with E-state index in [1.165, 1.54) is 6.20 Å². The summed E-state index contributed by atoms with van der Waals surface area (Å²) >= 11 is 0. The molecule has 4 N–H and O–H groups in total. The van der Waals surface area contributed by atoms with E-state index in [1.54, 1.807) is 0 Å². The SMILES string of the molecule is O=c1[nH]c(=O)n([C@H]2CC(O)[C@@H](CO)O2)cc1CCO. The molecule has 106 valence electrons. The molecule has 8 nitrogen and oxygen atoms in total. The number of hydrogen-bond acceptors (Lipinski definition) is 6. The molecule has 1 unspecified atom stereocenters. The van der Waals surface area contributed by atoms with Crippen LogP contribution in [0.15, 0.2) is 15.8 Å². The molecule has 8 heteroatoms. The normalized spacial score (nSPS) is 26.8. The standard InChI is InChI=1S/C11H16N2O6/c14-2-1-6-4-13(11(18)12-10(6)17)9-3-7(16)8(5-15)19-9/h4,7-9,14-16H,1-3,5H2,(H,12,17,18)/t7?,8-,9-/m1/s1. The van der Waals surface area contributed by atoms with Gasteiger partial charge >= 0.3 is 5.69 Å². The van der Waals surface area contributed by atoms with Crippen LogP contribution in [0.4, 0.5) is 0 Å². The molecule has 1 fully saturated rings. The second-order valence-electron chi connectivity index (χ2n) is 4.41. The van der Waals surface area contributed by atoms with Gasteiger partial charge in [-0.1, -0.05) is 0 Å². The Balaban J connectivity index is 2.33. The van der Waals surface area contributed by atoms with Crippen LogP contribution in [-0.4, -0.2) is 50.3 Å². The zero-order valence-electron chi connectivity index (χ0n) is 10.2. The third-order valence-corrected chi connectivity index (χ3v) is 3.12. The van der Waals surface area contributed by atoms with Gasteiger partial charge in [0.25, 0.3) is 5.56 Å². The molecule has 2 heterocycles. The Morgan fingerprint density at radius 2 is 2.16 bits per heavy atom. The summed E-state index contributed by atoms with van der Waals surface area (Å²) in [6.07, 6.45) is -0.771.